The van der Waals surface area contributed by atoms with Crippen molar-refractivity contribution in [2.24, 2.45) is 11.3 Å². The first-order valence-corrected chi connectivity index (χ1v) is 21.4. The van der Waals surface area contributed by atoms with E-state index in [1.807, 2.05) is 43.3 Å². The van der Waals surface area contributed by atoms with Gasteiger partial charge in [-0.05, 0) is 74.8 Å². The Balaban J connectivity index is 1.11. The van der Waals surface area contributed by atoms with Gasteiger partial charge in [-0.2, -0.15) is 5.48 Å². The summed E-state index contributed by atoms with van der Waals surface area (Å²) in [5, 5.41) is 0. The molecule has 0 aliphatic heterocycles. The monoisotopic (exact) mass is 701 g/mol. The standard InChI is InChI=1S/C41H68NO6P/c1-3-4-5-6-7-8-9-10-11-12-13-14-15-19-31-45-34-39(46-33-37-21-17-16-18-22-37)35-47-49(43,44)48-42-40(2)27-20-23-38(32-40)41-28-24-36(25-29-41)26-30-41/h16-18,20-23,27,36,39,42H,3-15,19,24-26,28-35H2,1-2H3,(H,43,44). The van der Waals surface area contributed by atoms with Gasteiger partial charge in [0.1, 0.15) is 11.6 Å². The lowest BCUT2D eigenvalue weighted by Gasteiger charge is -2.49. The summed E-state index contributed by atoms with van der Waals surface area (Å²) in [4.78, 5) is 12.9. The van der Waals surface area contributed by atoms with Crippen LogP contribution in [0, 0.1) is 11.3 Å². The van der Waals surface area contributed by atoms with Crippen molar-refractivity contribution in [3.05, 3.63) is 59.7 Å². The molecule has 0 saturated heterocycles. The third-order valence-electron chi connectivity index (χ3n) is 11.3. The predicted molar refractivity (Wildman–Crippen MR) is 197 cm³/mol. The van der Waals surface area contributed by atoms with Crippen LogP contribution in [0.1, 0.15) is 154 Å². The van der Waals surface area contributed by atoms with Crippen LogP contribution in [0.3, 0.4) is 0 Å². The average molecular weight is 702 g/mol. The number of phosphoric acid groups is 1. The van der Waals surface area contributed by atoms with Gasteiger partial charge in [-0.3, -0.25) is 4.57 Å². The van der Waals surface area contributed by atoms with Gasteiger partial charge in [0.25, 0.3) is 0 Å². The molecule has 0 amide bonds. The quantitative estimate of drug-likeness (QED) is 0.0558. The van der Waals surface area contributed by atoms with E-state index in [4.69, 9.17) is 18.6 Å². The molecule has 8 heteroatoms. The summed E-state index contributed by atoms with van der Waals surface area (Å²) in [6, 6.07) is 9.87. The van der Waals surface area contributed by atoms with Crippen molar-refractivity contribution in [2.75, 3.05) is 19.8 Å². The molecule has 3 atom stereocenters. The van der Waals surface area contributed by atoms with Crippen LogP contribution in [0.15, 0.2) is 54.1 Å². The number of ether oxygens (including phenoxy) is 2. The molecule has 49 heavy (non-hydrogen) atoms. The lowest BCUT2D eigenvalue weighted by Crippen LogP contribution is -2.94. The largest absolute Gasteiger partial charge is 0.752 e. The van der Waals surface area contributed by atoms with E-state index in [1.54, 1.807) is 0 Å². The molecule has 278 valence electrons. The lowest BCUT2D eigenvalue weighted by atomic mass is 9.56. The molecule has 0 spiro atoms. The summed E-state index contributed by atoms with van der Waals surface area (Å²) < 4.78 is 35.8. The maximum atomic E-state index is 12.9. The van der Waals surface area contributed by atoms with E-state index in [9.17, 15) is 9.46 Å². The molecule has 0 heterocycles. The first-order valence-electron chi connectivity index (χ1n) is 19.9. The number of fused-ring (bicyclic) bond motifs is 3. The van der Waals surface area contributed by atoms with E-state index in [2.05, 4.69) is 19.1 Å². The zero-order valence-corrected chi connectivity index (χ0v) is 31.8. The van der Waals surface area contributed by atoms with Crippen LogP contribution in [0.5, 0.6) is 0 Å². The Bertz CT molecular complexity index is 1140. The smallest absolute Gasteiger partial charge is 0.324 e. The van der Waals surface area contributed by atoms with Crippen molar-refractivity contribution >= 4 is 7.82 Å². The highest BCUT2D eigenvalue weighted by atomic mass is 31.2. The highest BCUT2D eigenvalue weighted by molar-refractivity contribution is 7.45. The number of hydrogen-bond donors (Lipinski definition) is 1. The summed E-state index contributed by atoms with van der Waals surface area (Å²) in [5.41, 5.74) is 3.70. The Morgan fingerprint density at radius 1 is 0.857 bits per heavy atom. The maximum Gasteiger partial charge on any atom is 0.324 e. The summed E-state index contributed by atoms with van der Waals surface area (Å²) in [6.45, 7) is 5.42. The average Bonchev–Trinajstić information content (AvgIpc) is 3.13. The van der Waals surface area contributed by atoms with E-state index in [1.165, 1.54) is 127 Å². The van der Waals surface area contributed by atoms with Crippen molar-refractivity contribution in [1.29, 1.82) is 0 Å². The van der Waals surface area contributed by atoms with Crippen LogP contribution in [-0.4, -0.2) is 31.5 Å². The van der Waals surface area contributed by atoms with Gasteiger partial charge in [-0.1, -0.05) is 138 Å². The van der Waals surface area contributed by atoms with Gasteiger partial charge in [-0.25, -0.2) is 0 Å². The fourth-order valence-electron chi connectivity index (χ4n) is 8.02. The Labute approximate surface area is 298 Å². The molecule has 2 bridgehead atoms. The van der Waals surface area contributed by atoms with E-state index < -0.39 is 19.5 Å². The SMILES string of the molecule is CCCCCCCCCCCCCCCCOCC(COP(=O)([O-])O[NH2+]C1(C)C=CC=C(C23CCC(CC2)CC3)C1)OCc1ccccc1. The number of hydroxylamine groups is 1. The van der Waals surface area contributed by atoms with Crippen LogP contribution in [0.2, 0.25) is 0 Å². The Morgan fingerprint density at radius 2 is 1.45 bits per heavy atom. The fraction of sp³-hybridized carbons (Fsp3) is 0.756. The van der Waals surface area contributed by atoms with E-state index in [0.717, 1.165) is 30.7 Å². The van der Waals surface area contributed by atoms with E-state index >= 15 is 0 Å². The second-order valence-electron chi connectivity index (χ2n) is 15.6. The van der Waals surface area contributed by atoms with Gasteiger partial charge in [0.2, 0.25) is 0 Å². The van der Waals surface area contributed by atoms with Gasteiger partial charge < -0.3 is 18.9 Å². The molecule has 7 nitrogen and oxygen atoms in total. The minimum Gasteiger partial charge on any atom is -0.752 e. The summed E-state index contributed by atoms with van der Waals surface area (Å²) >= 11 is 0. The second kappa shape index (κ2) is 21.9. The molecule has 3 saturated carbocycles. The number of unbranched alkanes of at least 4 members (excludes halogenated alkanes) is 13. The van der Waals surface area contributed by atoms with Crippen molar-refractivity contribution in [3.8, 4) is 0 Å². The topological polar surface area (TPSA) is 93.7 Å². The Kier molecular flexibility index (Phi) is 18.1. The molecule has 3 unspecified atom stereocenters. The molecule has 0 radical (unpaired) electrons. The van der Waals surface area contributed by atoms with Crippen molar-refractivity contribution in [3.63, 3.8) is 0 Å². The summed E-state index contributed by atoms with van der Waals surface area (Å²) in [7, 11) is -4.59. The third-order valence-corrected chi connectivity index (χ3v) is 12.1. The van der Waals surface area contributed by atoms with Gasteiger partial charge in [0, 0.05) is 13.0 Å². The normalized spacial score (nSPS) is 25.3. The minimum atomic E-state index is -4.59. The Morgan fingerprint density at radius 3 is 2.06 bits per heavy atom. The number of hydrogen-bond acceptors (Lipinski definition) is 6. The number of allylic oxidation sites excluding steroid dienone is 2. The number of quaternary nitrogens is 1. The Hall–Kier alpha value is -1.31. The van der Waals surface area contributed by atoms with Crippen LogP contribution >= 0.6 is 7.82 Å². The molecule has 0 aromatic heterocycles. The number of phosphoric ester groups is 1. The predicted octanol–water partition coefficient (Wildman–Crippen LogP) is 9.67. The highest BCUT2D eigenvalue weighted by Gasteiger charge is 2.45. The van der Waals surface area contributed by atoms with Gasteiger partial charge in [0.05, 0.1) is 19.8 Å². The third kappa shape index (κ3) is 15.1. The van der Waals surface area contributed by atoms with Crippen LogP contribution in [0.4, 0.5) is 0 Å². The maximum absolute atomic E-state index is 12.9. The van der Waals surface area contributed by atoms with Crippen LogP contribution < -0.4 is 10.4 Å². The molecule has 1 aromatic carbocycles. The number of nitrogens with two attached hydrogens (primary N) is 1. The van der Waals surface area contributed by atoms with Gasteiger partial charge >= 0.3 is 7.82 Å². The molecule has 4 aliphatic carbocycles. The molecule has 4 aliphatic rings. The zero-order chi connectivity index (χ0) is 34.7. The van der Waals surface area contributed by atoms with Crippen molar-refractivity contribution in [2.45, 2.75) is 167 Å². The molecular formula is C41H68NO6P. The number of rotatable bonds is 27. The summed E-state index contributed by atoms with van der Waals surface area (Å²) in [5.74, 6) is 0.904. The van der Waals surface area contributed by atoms with E-state index in [0.29, 0.717) is 13.2 Å². The van der Waals surface area contributed by atoms with Crippen LogP contribution in [-0.2, 0) is 29.8 Å². The lowest BCUT2D eigenvalue weighted by molar-refractivity contribution is -0.907. The van der Waals surface area contributed by atoms with Crippen molar-refractivity contribution < 1.29 is 33.6 Å². The second-order valence-corrected chi connectivity index (χ2v) is 16.9. The molecule has 3 fully saturated rings. The van der Waals surface area contributed by atoms with Crippen LogP contribution in [0.25, 0.3) is 0 Å². The first-order chi connectivity index (χ1) is 23.8. The number of benzene rings is 1. The molecule has 5 rings (SSSR count). The van der Waals surface area contributed by atoms with Gasteiger partial charge in [0.15, 0.2) is 0 Å². The highest BCUT2D eigenvalue weighted by Crippen LogP contribution is 2.56. The summed E-state index contributed by atoms with van der Waals surface area (Å²) in [6.07, 6.45) is 32.8. The minimum absolute atomic E-state index is 0.151. The first kappa shape index (κ1) is 40.5. The fourth-order valence-corrected chi connectivity index (χ4v) is 8.80. The van der Waals surface area contributed by atoms with Crippen molar-refractivity contribution in [1.82, 2.24) is 0 Å². The van der Waals surface area contributed by atoms with Gasteiger partial charge in [-0.15, -0.1) is 4.62 Å². The molecular weight excluding hydrogens is 633 g/mol. The molecule has 1 aromatic rings. The molecule has 2 N–H and O–H groups in total. The zero-order valence-electron chi connectivity index (χ0n) is 30.9. The van der Waals surface area contributed by atoms with E-state index in [-0.39, 0.29) is 18.6 Å².